The largest absolute Gasteiger partial charge is 0.339 e. The third-order valence-corrected chi connectivity index (χ3v) is 2.77. The van der Waals surface area contributed by atoms with Crippen LogP contribution in [0.3, 0.4) is 0 Å². The second-order valence-corrected chi connectivity index (χ2v) is 3.69. The molecule has 2 aromatic rings. The maximum atomic E-state index is 4.09. The Morgan fingerprint density at radius 3 is 1.73 bits per heavy atom. The zero-order valence-electron chi connectivity index (χ0n) is 8.35. The highest BCUT2D eigenvalue weighted by Crippen LogP contribution is 2.38. The number of benzene rings is 2. The van der Waals surface area contributed by atoms with Gasteiger partial charge in [0, 0.05) is 24.8 Å². The molecule has 1 nitrogen and oxygen atoms in total. The van der Waals surface area contributed by atoms with Crippen molar-refractivity contribution >= 4 is 11.4 Å². The number of para-hydroxylation sites is 2. The number of hydrogen-bond acceptors (Lipinski definition) is 1. The molecule has 0 atom stereocenters. The van der Waals surface area contributed by atoms with Crippen LogP contribution in [0.25, 0.3) is 0 Å². The number of fused-ring (bicyclic) bond motifs is 2. The van der Waals surface area contributed by atoms with Crippen molar-refractivity contribution in [1.82, 2.24) is 0 Å². The van der Waals surface area contributed by atoms with E-state index in [0.29, 0.717) is 0 Å². The van der Waals surface area contributed by atoms with E-state index in [0.717, 1.165) is 11.4 Å². The Morgan fingerprint density at radius 2 is 1.20 bits per heavy atom. The van der Waals surface area contributed by atoms with Crippen molar-refractivity contribution in [3.63, 3.8) is 0 Å². The molecule has 0 saturated heterocycles. The van der Waals surface area contributed by atoms with E-state index in [1.54, 1.807) is 0 Å². The lowest BCUT2D eigenvalue weighted by molar-refractivity contribution is 1.20. The fraction of sp³-hybridized carbons (Fsp3) is 0. The minimum Gasteiger partial charge on any atom is -0.339 e. The van der Waals surface area contributed by atoms with Crippen molar-refractivity contribution in [2.24, 2.45) is 0 Å². The molecule has 0 N–H and O–H groups in total. The van der Waals surface area contributed by atoms with E-state index in [1.807, 2.05) is 17.0 Å². The Hall–Kier alpha value is -1.76. The summed E-state index contributed by atoms with van der Waals surface area (Å²) in [5.74, 6) is 0. The lowest BCUT2D eigenvalue weighted by atomic mass is 9.96. The highest BCUT2D eigenvalue weighted by atomic mass is 15.1. The third-order valence-electron chi connectivity index (χ3n) is 2.77. The monoisotopic (exact) mass is 193 g/mol. The Morgan fingerprint density at radius 1 is 0.733 bits per heavy atom. The van der Waals surface area contributed by atoms with Gasteiger partial charge in [0.25, 0.3) is 0 Å². The number of nitrogens with zero attached hydrogens (tertiary/aromatic N) is 1. The van der Waals surface area contributed by atoms with E-state index in [-0.39, 0.29) is 0 Å². The summed E-state index contributed by atoms with van der Waals surface area (Å²) in [7, 11) is 4.09. The summed E-state index contributed by atoms with van der Waals surface area (Å²) < 4.78 is 0. The van der Waals surface area contributed by atoms with Crippen molar-refractivity contribution in [3.8, 4) is 0 Å². The quantitative estimate of drug-likeness (QED) is 0.618. The van der Waals surface area contributed by atoms with Gasteiger partial charge in [-0.2, -0.15) is 0 Å². The molecule has 15 heavy (non-hydrogen) atoms. The zero-order chi connectivity index (χ0) is 10.3. The van der Waals surface area contributed by atoms with Crippen LogP contribution in [0.2, 0.25) is 0 Å². The van der Waals surface area contributed by atoms with E-state index in [9.17, 15) is 0 Å². The molecule has 0 amide bonds. The molecule has 1 heterocycles. The molecule has 72 valence electrons. The van der Waals surface area contributed by atoms with Crippen LogP contribution in [0.4, 0.5) is 11.4 Å². The van der Waals surface area contributed by atoms with Crippen LogP contribution in [0.15, 0.2) is 48.5 Å². The first-order chi connectivity index (χ1) is 7.36. The van der Waals surface area contributed by atoms with Gasteiger partial charge in [0.1, 0.15) is 0 Å². The Labute approximate surface area is 90.0 Å². The van der Waals surface area contributed by atoms with E-state index >= 15 is 0 Å². The summed E-state index contributed by atoms with van der Waals surface area (Å²) in [5.41, 5.74) is 4.78. The molecular formula is C14H11N. The standard InChI is InChI=1S/C14H11N/c1-15-13-8-4-2-6-11(13)10-12-7-3-5-9-14(12)15/h2-10H,1H2. The van der Waals surface area contributed by atoms with Crippen LogP contribution in [0.5, 0.6) is 0 Å². The summed E-state index contributed by atoms with van der Waals surface area (Å²) in [6, 6.07) is 16.6. The van der Waals surface area contributed by atoms with Crippen LogP contribution >= 0.6 is 0 Å². The molecule has 1 aliphatic heterocycles. The van der Waals surface area contributed by atoms with Gasteiger partial charge in [0.2, 0.25) is 0 Å². The average Bonchev–Trinajstić information content (AvgIpc) is 2.30. The SMILES string of the molecule is [CH2]N1c2ccccc2[CH]c2ccccc21. The summed E-state index contributed by atoms with van der Waals surface area (Å²) in [6.45, 7) is 0. The Bertz CT molecular complexity index is 457. The maximum Gasteiger partial charge on any atom is 0.0450 e. The van der Waals surface area contributed by atoms with Crippen molar-refractivity contribution in [3.05, 3.63) is 73.1 Å². The first-order valence-electron chi connectivity index (χ1n) is 5.00. The molecular weight excluding hydrogens is 182 g/mol. The molecule has 3 rings (SSSR count). The first kappa shape index (κ1) is 8.54. The summed E-state index contributed by atoms with van der Waals surface area (Å²) in [5, 5.41) is 0. The van der Waals surface area contributed by atoms with Gasteiger partial charge in [-0.25, -0.2) is 0 Å². The van der Waals surface area contributed by atoms with Crippen molar-refractivity contribution in [2.75, 3.05) is 4.90 Å². The van der Waals surface area contributed by atoms with Gasteiger partial charge in [-0.1, -0.05) is 36.4 Å². The Balaban J connectivity index is 2.20. The minimum atomic E-state index is 1.16. The molecule has 0 bridgehead atoms. The van der Waals surface area contributed by atoms with Crippen LogP contribution in [0.1, 0.15) is 11.1 Å². The predicted molar refractivity (Wildman–Crippen MR) is 62.9 cm³/mol. The lowest BCUT2D eigenvalue weighted by Gasteiger charge is -2.29. The Kier molecular flexibility index (Phi) is 1.78. The second-order valence-electron chi connectivity index (χ2n) is 3.69. The molecule has 0 aromatic heterocycles. The van der Waals surface area contributed by atoms with Crippen LogP contribution < -0.4 is 4.90 Å². The van der Waals surface area contributed by atoms with Crippen LogP contribution in [0, 0.1) is 13.5 Å². The molecule has 2 aromatic carbocycles. The molecule has 0 spiro atoms. The topological polar surface area (TPSA) is 3.24 Å². The zero-order valence-corrected chi connectivity index (χ0v) is 8.35. The number of hydrogen-bond donors (Lipinski definition) is 0. The minimum absolute atomic E-state index is 1.16. The van der Waals surface area contributed by atoms with Crippen molar-refractivity contribution < 1.29 is 0 Å². The summed E-state index contributed by atoms with van der Waals surface area (Å²) >= 11 is 0. The average molecular weight is 193 g/mol. The highest BCUT2D eigenvalue weighted by molar-refractivity contribution is 5.78. The molecule has 1 aliphatic rings. The maximum absolute atomic E-state index is 4.09. The van der Waals surface area contributed by atoms with Gasteiger partial charge in [-0.15, -0.1) is 0 Å². The first-order valence-corrected chi connectivity index (χ1v) is 5.00. The van der Waals surface area contributed by atoms with Gasteiger partial charge < -0.3 is 4.90 Å². The van der Waals surface area contributed by atoms with Gasteiger partial charge in [-0.05, 0) is 23.3 Å². The van der Waals surface area contributed by atoms with Crippen LogP contribution in [-0.2, 0) is 0 Å². The number of anilines is 2. The fourth-order valence-corrected chi connectivity index (χ4v) is 2.01. The highest BCUT2D eigenvalue weighted by Gasteiger charge is 2.18. The van der Waals surface area contributed by atoms with Crippen molar-refractivity contribution in [1.29, 1.82) is 0 Å². The van der Waals surface area contributed by atoms with Crippen molar-refractivity contribution in [2.45, 2.75) is 0 Å². The van der Waals surface area contributed by atoms with Gasteiger partial charge >= 0.3 is 0 Å². The van der Waals surface area contributed by atoms with E-state index in [2.05, 4.69) is 49.9 Å². The van der Waals surface area contributed by atoms with Gasteiger partial charge in [-0.3, -0.25) is 0 Å². The molecule has 0 saturated carbocycles. The molecule has 0 fully saturated rings. The van der Waals surface area contributed by atoms with E-state index in [1.165, 1.54) is 11.1 Å². The number of rotatable bonds is 0. The molecule has 0 aliphatic carbocycles. The van der Waals surface area contributed by atoms with E-state index < -0.39 is 0 Å². The summed E-state index contributed by atoms with van der Waals surface area (Å²) in [4.78, 5) is 1.99. The van der Waals surface area contributed by atoms with Gasteiger partial charge in [0.15, 0.2) is 0 Å². The second kappa shape index (κ2) is 3.13. The molecule has 0 unspecified atom stereocenters. The normalized spacial score (nSPS) is 13.3. The predicted octanol–water partition coefficient (Wildman–Crippen LogP) is 3.53. The fourth-order valence-electron chi connectivity index (χ4n) is 2.01. The lowest BCUT2D eigenvalue weighted by Crippen LogP contribution is -2.14. The smallest absolute Gasteiger partial charge is 0.0450 e. The van der Waals surface area contributed by atoms with Crippen LogP contribution in [-0.4, -0.2) is 0 Å². The van der Waals surface area contributed by atoms with E-state index in [4.69, 9.17) is 0 Å². The van der Waals surface area contributed by atoms with Gasteiger partial charge in [0.05, 0.1) is 0 Å². The third kappa shape index (κ3) is 1.23. The molecule has 2 radical (unpaired) electrons. The molecule has 1 heteroatoms. The summed E-state index contributed by atoms with van der Waals surface area (Å²) in [6.07, 6.45) is 2.20.